The third-order valence-corrected chi connectivity index (χ3v) is 2.84. The lowest BCUT2D eigenvalue weighted by Crippen LogP contribution is -2.06. The van der Waals surface area contributed by atoms with Gasteiger partial charge in [0, 0.05) is 12.3 Å². The summed E-state index contributed by atoms with van der Waals surface area (Å²) in [6, 6.07) is 13.5. The summed E-state index contributed by atoms with van der Waals surface area (Å²) in [6.45, 7) is 1.89. The average molecular weight is 295 g/mol. The Kier molecular flexibility index (Phi) is 5.49. The normalized spacial score (nSPS) is 11.6. The Hall–Kier alpha value is -2.88. The molecule has 0 fully saturated rings. The number of pyridine rings is 1. The monoisotopic (exact) mass is 295 g/mol. The van der Waals surface area contributed by atoms with Crippen LogP contribution in [0.4, 0.5) is 0 Å². The zero-order valence-corrected chi connectivity index (χ0v) is 12.3. The fourth-order valence-corrected chi connectivity index (χ4v) is 1.81. The summed E-state index contributed by atoms with van der Waals surface area (Å²) in [7, 11) is 0. The Morgan fingerprint density at radius 3 is 2.64 bits per heavy atom. The molecule has 0 atom stereocenters. The van der Waals surface area contributed by atoms with E-state index in [1.54, 1.807) is 19.2 Å². The minimum Gasteiger partial charge on any atom is -0.502 e. The van der Waals surface area contributed by atoms with Gasteiger partial charge < -0.3 is 9.84 Å². The second kappa shape index (κ2) is 7.78. The molecule has 2 aromatic rings. The molecular formula is C18H17NO3. The van der Waals surface area contributed by atoms with Crippen LogP contribution in [0.3, 0.4) is 0 Å². The van der Waals surface area contributed by atoms with Gasteiger partial charge in [-0.25, -0.2) is 4.79 Å². The van der Waals surface area contributed by atoms with E-state index < -0.39 is 11.7 Å². The van der Waals surface area contributed by atoms with Crippen LogP contribution in [-0.2, 0) is 9.53 Å². The molecule has 0 aliphatic rings. The number of ether oxygens (including phenoxy) is 1. The summed E-state index contributed by atoms with van der Waals surface area (Å²) in [4.78, 5) is 15.5. The molecule has 0 radical (unpaired) electrons. The van der Waals surface area contributed by atoms with Crippen LogP contribution < -0.4 is 0 Å². The van der Waals surface area contributed by atoms with Crippen LogP contribution in [0.2, 0.25) is 0 Å². The number of hydrogen-bond acceptors (Lipinski definition) is 4. The van der Waals surface area contributed by atoms with Crippen molar-refractivity contribution in [3.63, 3.8) is 0 Å². The van der Waals surface area contributed by atoms with E-state index in [2.05, 4.69) is 4.98 Å². The topological polar surface area (TPSA) is 59.4 Å². The molecule has 0 unspecified atom stereocenters. The number of nitrogens with zero attached hydrogens (tertiary/aromatic N) is 1. The molecule has 0 saturated heterocycles. The maximum Gasteiger partial charge on any atom is 0.373 e. The SMILES string of the molecule is CCOC(=O)/C(O)=C/c1cc(/C=C/c2ccccc2)ccn1. The van der Waals surface area contributed by atoms with E-state index >= 15 is 0 Å². The van der Waals surface area contributed by atoms with Gasteiger partial charge in [0.05, 0.1) is 12.3 Å². The second-order valence-corrected chi connectivity index (χ2v) is 4.51. The van der Waals surface area contributed by atoms with E-state index in [-0.39, 0.29) is 6.61 Å². The molecule has 1 aromatic heterocycles. The van der Waals surface area contributed by atoms with Gasteiger partial charge in [-0.1, -0.05) is 42.5 Å². The van der Waals surface area contributed by atoms with Gasteiger partial charge in [0.25, 0.3) is 0 Å². The van der Waals surface area contributed by atoms with Gasteiger partial charge in [0.15, 0.2) is 0 Å². The van der Waals surface area contributed by atoms with Crippen molar-refractivity contribution in [3.05, 3.63) is 71.2 Å². The molecule has 0 saturated carbocycles. The number of rotatable bonds is 5. The molecule has 1 aromatic carbocycles. The van der Waals surface area contributed by atoms with Crippen LogP contribution in [0.15, 0.2) is 54.4 Å². The van der Waals surface area contributed by atoms with E-state index in [0.29, 0.717) is 5.69 Å². The van der Waals surface area contributed by atoms with Gasteiger partial charge >= 0.3 is 5.97 Å². The summed E-state index contributed by atoms with van der Waals surface area (Å²) in [6.07, 6.45) is 6.83. The first-order valence-electron chi connectivity index (χ1n) is 6.96. The van der Waals surface area contributed by atoms with Crippen LogP contribution in [0.5, 0.6) is 0 Å². The molecule has 0 aliphatic heterocycles. The van der Waals surface area contributed by atoms with Crippen LogP contribution in [0, 0.1) is 0 Å². The van der Waals surface area contributed by atoms with Gasteiger partial charge in [-0.05, 0) is 30.2 Å². The fourth-order valence-electron chi connectivity index (χ4n) is 1.81. The van der Waals surface area contributed by atoms with Crippen molar-refractivity contribution in [2.24, 2.45) is 0 Å². The lowest BCUT2D eigenvalue weighted by atomic mass is 10.1. The summed E-state index contributed by atoms with van der Waals surface area (Å²) < 4.78 is 4.71. The van der Waals surface area contributed by atoms with Crippen LogP contribution in [0.25, 0.3) is 18.2 Å². The third-order valence-electron chi connectivity index (χ3n) is 2.84. The number of esters is 1. The highest BCUT2D eigenvalue weighted by atomic mass is 16.5. The maximum atomic E-state index is 11.4. The largest absolute Gasteiger partial charge is 0.502 e. The van der Waals surface area contributed by atoms with Gasteiger partial charge in [-0.3, -0.25) is 4.98 Å². The first-order chi connectivity index (χ1) is 10.7. The molecule has 112 valence electrons. The number of benzene rings is 1. The number of aliphatic hydroxyl groups is 1. The van der Waals surface area contributed by atoms with Gasteiger partial charge in [0.1, 0.15) is 0 Å². The van der Waals surface area contributed by atoms with Crippen molar-refractivity contribution < 1.29 is 14.6 Å². The molecule has 0 aliphatic carbocycles. The Morgan fingerprint density at radius 2 is 1.91 bits per heavy atom. The lowest BCUT2D eigenvalue weighted by Gasteiger charge is -2.01. The van der Waals surface area contributed by atoms with Gasteiger partial charge in [0.2, 0.25) is 5.76 Å². The predicted octanol–water partition coefficient (Wildman–Crippen LogP) is 3.71. The third kappa shape index (κ3) is 4.59. The molecular weight excluding hydrogens is 278 g/mol. The molecule has 0 spiro atoms. The van der Waals surface area contributed by atoms with E-state index in [9.17, 15) is 9.90 Å². The van der Waals surface area contributed by atoms with E-state index in [0.717, 1.165) is 11.1 Å². The first-order valence-corrected chi connectivity index (χ1v) is 6.96. The van der Waals surface area contributed by atoms with Gasteiger partial charge in [-0.2, -0.15) is 0 Å². The molecule has 1 N–H and O–H groups in total. The number of aromatic nitrogens is 1. The van der Waals surface area contributed by atoms with Crippen molar-refractivity contribution in [1.82, 2.24) is 4.98 Å². The van der Waals surface area contributed by atoms with E-state index in [1.165, 1.54) is 6.08 Å². The molecule has 4 nitrogen and oxygen atoms in total. The zero-order valence-electron chi connectivity index (χ0n) is 12.3. The van der Waals surface area contributed by atoms with Gasteiger partial charge in [-0.15, -0.1) is 0 Å². The van der Waals surface area contributed by atoms with Crippen molar-refractivity contribution in [2.45, 2.75) is 6.92 Å². The highest BCUT2D eigenvalue weighted by Crippen LogP contribution is 2.11. The second-order valence-electron chi connectivity index (χ2n) is 4.51. The minimum absolute atomic E-state index is 0.212. The number of carbonyl (C=O) groups is 1. The Labute approximate surface area is 129 Å². The maximum absolute atomic E-state index is 11.4. The van der Waals surface area contributed by atoms with Crippen molar-refractivity contribution in [2.75, 3.05) is 6.61 Å². The Balaban J connectivity index is 2.15. The highest BCUT2D eigenvalue weighted by Gasteiger charge is 2.08. The van der Waals surface area contributed by atoms with Crippen molar-refractivity contribution >= 4 is 24.2 Å². The highest BCUT2D eigenvalue weighted by molar-refractivity contribution is 5.90. The fraction of sp³-hybridized carbons (Fsp3) is 0.111. The van der Waals surface area contributed by atoms with Crippen LogP contribution in [-0.4, -0.2) is 22.7 Å². The van der Waals surface area contributed by atoms with Crippen molar-refractivity contribution in [1.29, 1.82) is 0 Å². The molecule has 1 heterocycles. The van der Waals surface area contributed by atoms with Crippen LogP contribution in [0.1, 0.15) is 23.7 Å². The zero-order chi connectivity index (χ0) is 15.8. The minimum atomic E-state index is -0.755. The summed E-state index contributed by atoms with van der Waals surface area (Å²) >= 11 is 0. The summed E-state index contributed by atoms with van der Waals surface area (Å²) in [5.74, 6) is -1.21. The summed E-state index contributed by atoms with van der Waals surface area (Å²) in [5.41, 5.74) is 2.49. The van der Waals surface area contributed by atoms with E-state index in [4.69, 9.17) is 4.74 Å². The average Bonchev–Trinajstić information content (AvgIpc) is 2.54. The molecule has 0 bridgehead atoms. The number of hydrogen-bond donors (Lipinski definition) is 1. The Bertz CT molecular complexity index is 690. The predicted molar refractivity (Wildman–Crippen MR) is 86.8 cm³/mol. The smallest absolute Gasteiger partial charge is 0.373 e. The molecule has 0 amide bonds. The molecule has 4 heteroatoms. The summed E-state index contributed by atoms with van der Waals surface area (Å²) in [5, 5.41) is 9.63. The first kappa shape index (κ1) is 15.5. The quantitative estimate of drug-likeness (QED) is 0.519. The standard InChI is InChI=1S/C18H17NO3/c1-2-22-18(21)17(20)13-16-12-15(10-11-19-16)9-8-14-6-4-3-5-7-14/h3-13,20H,2H2,1H3/b9-8+,17-13-. The Morgan fingerprint density at radius 1 is 1.18 bits per heavy atom. The lowest BCUT2D eigenvalue weighted by molar-refractivity contribution is -0.141. The van der Waals surface area contributed by atoms with Crippen molar-refractivity contribution in [3.8, 4) is 0 Å². The van der Waals surface area contributed by atoms with Crippen LogP contribution >= 0.6 is 0 Å². The number of carbonyl (C=O) groups excluding carboxylic acids is 1. The van der Waals surface area contributed by atoms with E-state index in [1.807, 2.05) is 48.6 Å². The molecule has 22 heavy (non-hydrogen) atoms. The number of aliphatic hydroxyl groups excluding tert-OH is 1. The molecule has 2 rings (SSSR count).